The quantitative estimate of drug-likeness (QED) is 0.755. The van der Waals surface area contributed by atoms with Crippen LogP contribution < -0.4 is 10.3 Å². The first-order valence-electron chi connectivity index (χ1n) is 7.69. The lowest BCUT2D eigenvalue weighted by atomic mass is 10.00. The fraction of sp³-hybridized carbons (Fsp3) is 0.100. The molecular weight excluding hydrogens is 336 g/mol. The van der Waals surface area contributed by atoms with Gasteiger partial charge in [-0.2, -0.15) is 5.26 Å². The number of halogens is 1. The van der Waals surface area contributed by atoms with Gasteiger partial charge in [-0.15, -0.1) is 0 Å². The van der Waals surface area contributed by atoms with Crippen molar-refractivity contribution in [2.45, 2.75) is 13.5 Å². The predicted octanol–water partition coefficient (Wildman–Crippen LogP) is 4.45. The minimum Gasteiger partial charge on any atom is -0.488 e. The van der Waals surface area contributed by atoms with Crippen LogP contribution in [0.4, 0.5) is 0 Å². The molecule has 0 saturated carbocycles. The first-order valence-corrected chi connectivity index (χ1v) is 8.07. The Hall–Kier alpha value is -3.03. The normalized spacial score (nSPS) is 10.3. The van der Waals surface area contributed by atoms with E-state index in [-0.39, 0.29) is 5.56 Å². The molecular formula is C20H15ClN2O2. The van der Waals surface area contributed by atoms with E-state index >= 15 is 0 Å². The van der Waals surface area contributed by atoms with Crippen molar-refractivity contribution in [2.75, 3.05) is 0 Å². The third-order valence-electron chi connectivity index (χ3n) is 3.75. The zero-order valence-corrected chi connectivity index (χ0v) is 14.3. The minimum atomic E-state index is -0.425. The van der Waals surface area contributed by atoms with Gasteiger partial charge in [-0.3, -0.25) is 4.79 Å². The first kappa shape index (κ1) is 16.8. The number of nitrogens with one attached hydrogen (secondary N) is 1. The molecule has 0 bridgehead atoms. The van der Waals surface area contributed by atoms with Crippen molar-refractivity contribution in [3.63, 3.8) is 0 Å². The Bertz CT molecular complexity index is 1000. The van der Waals surface area contributed by atoms with E-state index in [0.717, 1.165) is 5.56 Å². The molecule has 0 aliphatic heterocycles. The number of aryl methyl sites for hydroxylation is 1. The van der Waals surface area contributed by atoms with E-state index in [0.29, 0.717) is 34.2 Å². The molecule has 1 aromatic heterocycles. The molecule has 25 heavy (non-hydrogen) atoms. The number of benzene rings is 2. The Morgan fingerprint density at radius 1 is 1.12 bits per heavy atom. The molecule has 1 N–H and O–H groups in total. The van der Waals surface area contributed by atoms with Gasteiger partial charge in [-0.1, -0.05) is 41.9 Å². The van der Waals surface area contributed by atoms with Gasteiger partial charge in [-0.25, -0.2) is 0 Å². The number of aromatic nitrogens is 1. The van der Waals surface area contributed by atoms with Crippen LogP contribution in [0.5, 0.6) is 5.75 Å². The maximum atomic E-state index is 12.1. The Kier molecular flexibility index (Phi) is 4.87. The molecule has 0 aliphatic carbocycles. The number of nitriles is 1. The fourth-order valence-electron chi connectivity index (χ4n) is 2.59. The molecule has 1 heterocycles. The maximum absolute atomic E-state index is 12.1. The summed E-state index contributed by atoms with van der Waals surface area (Å²) in [5.41, 5.74) is 2.42. The summed E-state index contributed by atoms with van der Waals surface area (Å²) in [6, 6.07) is 18.6. The second kappa shape index (κ2) is 7.25. The van der Waals surface area contributed by atoms with E-state index in [9.17, 15) is 10.1 Å². The summed E-state index contributed by atoms with van der Waals surface area (Å²) in [4.78, 5) is 14.7. The summed E-state index contributed by atoms with van der Waals surface area (Å²) in [7, 11) is 0. The number of hydrogen-bond acceptors (Lipinski definition) is 3. The minimum absolute atomic E-state index is 0.0393. The number of ether oxygens (including phenoxy) is 1. The average molecular weight is 351 g/mol. The second-order valence-electron chi connectivity index (χ2n) is 5.60. The van der Waals surface area contributed by atoms with E-state index in [2.05, 4.69) is 4.98 Å². The largest absolute Gasteiger partial charge is 0.488 e. The highest BCUT2D eigenvalue weighted by Gasteiger charge is 2.15. The molecule has 0 atom stereocenters. The van der Waals surface area contributed by atoms with Gasteiger partial charge in [-0.05, 0) is 36.8 Å². The van der Waals surface area contributed by atoms with E-state index in [1.807, 2.05) is 36.4 Å². The highest BCUT2D eigenvalue weighted by Crippen LogP contribution is 2.34. The monoisotopic (exact) mass is 350 g/mol. The summed E-state index contributed by atoms with van der Waals surface area (Å²) in [5.74, 6) is 0.565. The molecule has 0 fully saturated rings. The molecule has 0 radical (unpaired) electrons. The Balaban J connectivity index is 2.07. The average Bonchev–Trinajstić information content (AvgIpc) is 2.61. The first-order chi connectivity index (χ1) is 12.1. The third-order valence-corrected chi connectivity index (χ3v) is 3.98. The van der Waals surface area contributed by atoms with Gasteiger partial charge in [0.1, 0.15) is 24.0 Å². The molecule has 0 spiro atoms. The van der Waals surface area contributed by atoms with Crippen molar-refractivity contribution >= 4 is 11.6 Å². The lowest BCUT2D eigenvalue weighted by Gasteiger charge is -2.13. The van der Waals surface area contributed by atoms with Crippen molar-refractivity contribution in [2.24, 2.45) is 0 Å². The number of hydrogen-bond donors (Lipinski definition) is 1. The molecule has 5 heteroatoms. The number of H-pyrrole nitrogens is 1. The van der Waals surface area contributed by atoms with Crippen LogP contribution in [0, 0.1) is 18.3 Å². The zero-order chi connectivity index (χ0) is 17.8. The highest BCUT2D eigenvalue weighted by atomic mass is 35.5. The van der Waals surface area contributed by atoms with Crippen LogP contribution in [-0.2, 0) is 6.61 Å². The molecule has 0 saturated heterocycles. The molecule has 3 aromatic rings. The van der Waals surface area contributed by atoms with Crippen molar-refractivity contribution < 1.29 is 4.74 Å². The fourth-order valence-corrected chi connectivity index (χ4v) is 2.76. The number of pyridine rings is 1. The van der Waals surface area contributed by atoms with Gasteiger partial charge in [0.2, 0.25) is 0 Å². The van der Waals surface area contributed by atoms with Crippen LogP contribution in [0.15, 0.2) is 59.4 Å². The SMILES string of the molecule is Cc1cc(-c2cc(Cl)ccc2OCc2ccccc2)c(C#N)c(=O)[nH]1. The molecule has 2 aromatic carbocycles. The summed E-state index contributed by atoms with van der Waals surface area (Å²) >= 11 is 6.13. The van der Waals surface area contributed by atoms with Gasteiger partial charge in [0.15, 0.2) is 0 Å². The Labute approximate surface area is 150 Å². The van der Waals surface area contributed by atoms with Crippen LogP contribution in [-0.4, -0.2) is 4.98 Å². The van der Waals surface area contributed by atoms with Crippen molar-refractivity contribution in [3.05, 3.63) is 86.8 Å². The van der Waals surface area contributed by atoms with Crippen LogP contribution in [0.2, 0.25) is 5.02 Å². The third kappa shape index (κ3) is 3.73. The molecule has 3 rings (SSSR count). The summed E-state index contributed by atoms with van der Waals surface area (Å²) in [6.07, 6.45) is 0. The summed E-state index contributed by atoms with van der Waals surface area (Å²) in [6.45, 7) is 2.14. The zero-order valence-electron chi connectivity index (χ0n) is 13.5. The molecule has 0 aliphatic rings. The lowest BCUT2D eigenvalue weighted by molar-refractivity contribution is 0.307. The van der Waals surface area contributed by atoms with E-state index < -0.39 is 5.56 Å². The Morgan fingerprint density at radius 3 is 2.60 bits per heavy atom. The van der Waals surface area contributed by atoms with Gasteiger partial charge in [0.25, 0.3) is 5.56 Å². The number of aromatic amines is 1. The highest BCUT2D eigenvalue weighted by molar-refractivity contribution is 6.31. The van der Waals surface area contributed by atoms with Crippen LogP contribution in [0.25, 0.3) is 11.1 Å². The van der Waals surface area contributed by atoms with Gasteiger partial charge < -0.3 is 9.72 Å². The van der Waals surface area contributed by atoms with Crippen LogP contribution in [0.3, 0.4) is 0 Å². The van der Waals surface area contributed by atoms with Gasteiger partial charge >= 0.3 is 0 Å². The second-order valence-corrected chi connectivity index (χ2v) is 6.03. The van der Waals surface area contributed by atoms with E-state index in [1.165, 1.54) is 0 Å². The van der Waals surface area contributed by atoms with Crippen molar-refractivity contribution in [3.8, 4) is 22.9 Å². The standard InChI is InChI=1S/C20H15ClN2O2/c1-13-9-16(18(11-22)20(24)23-13)17-10-15(21)7-8-19(17)25-12-14-5-3-2-4-6-14/h2-10H,12H2,1H3,(H,23,24). The topological polar surface area (TPSA) is 65.9 Å². The summed E-state index contributed by atoms with van der Waals surface area (Å²) in [5, 5.41) is 9.88. The molecule has 124 valence electrons. The number of rotatable bonds is 4. The van der Waals surface area contributed by atoms with Gasteiger partial charge in [0, 0.05) is 21.8 Å². The number of nitrogens with zero attached hydrogens (tertiary/aromatic N) is 1. The lowest BCUT2D eigenvalue weighted by Crippen LogP contribution is -2.13. The summed E-state index contributed by atoms with van der Waals surface area (Å²) < 4.78 is 5.93. The molecule has 4 nitrogen and oxygen atoms in total. The Morgan fingerprint density at radius 2 is 1.88 bits per heavy atom. The van der Waals surface area contributed by atoms with Crippen molar-refractivity contribution in [1.29, 1.82) is 5.26 Å². The van der Waals surface area contributed by atoms with E-state index in [1.54, 1.807) is 31.2 Å². The molecule has 0 amide bonds. The smallest absolute Gasteiger partial charge is 0.266 e. The van der Waals surface area contributed by atoms with Crippen LogP contribution >= 0.6 is 11.6 Å². The predicted molar refractivity (Wildman–Crippen MR) is 97.7 cm³/mol. The van der Waals surface area contributed by atoms with Gasteiger partial charge in [0.05, 0.1) is 0 Å². The molecule has 0 unspecified atom stereocenters. The maximum Gasteiger partial charge on any atom is 0.266 e. The van der Waals surface area contributed by atoms with Crippen LogP contribution in [0.1, 0.15) is 16.8 Å². The van der Waals surface area contributed by atoms with Crippen molar-refractivity contribution in [1.82, 2.24) is 4.98 Å². The van der Waals surface area contributed by atoms with E-state index in [4.69, 9.17) is 16.3 Å².